The van der Waals surface area contributed by atoms with Crippen LogP contribution in [0.5, 0.6) is 11.5 Å². The molecular weight excluding hydrogens is 312 g/mol. The maximum absolute atomic E-state index is 11.9. The number of rotatable bonds is 2. The molecule has 0 radical (unpaired) electrons. The largest absolute Gasteiger partial charge is 0.487 e. The number of hydrogen-bond acceptors (Lipinski definition) is 5. The van der Waals surface area contributed by atoms with E-state index < -0.39 is 11.7 Å². The van der Waals surface area contributed by atoms with E-state index in [2.05, 4.69) is 5.32 Å². The van der Waals surface area contributed by atoms with Crippen LogP contribution < -0.4 is 14.8 Å². The molecule has 2 aliphatic heterocycles. The number of hydrogen-bond donors (Lipinski definition) is 1. The van der Waals surface area contributed by atoms with Gasteiger partial charge in [-0.2, -0.15) is 0 Å². The Kier molecular flexibility index (Phi) is 4.03. The molecule has 1 aromatic carbocycles. The molecule has 3 rings (SSSR count). The molecule has 0 spiro atoms. The Labute approximate surface area is 140 Å². The van der Waals surface area contributed by atoms with E-state index in [1.54, 1.807) is 30.0 Å². The molecule has 0 aromatic heterocycles. The number of fused-ring (bicyclic) bond motifs is 1. The predicted octanol–water partition coefficient (Wildman–Crippen LogP) is 2.40. The summed E-state index contributed by atoms with van der Waals surface area (Å²) < 4.78 is 16.6. The van der Waals surface area contributed by atoms with Gasteiger partial charge in [-0.05, 0) is 39.8 Å². The van der Waals surface area contributed by atoms with Crippen LogP contribution in [-0.2, 0) is 9.53 Å². The van der Waals surface area contributed by atoms with Crippen molar-refractivity contribution in [2.75, 3.05) is 18.4 Å². The highest BCUT2D eigenvalue weighted by molar-refractivity contribution is 5.97. The van der Waals surface area contributed by atoms with Gasteiger partial charge in [-0.1, -0.05) is 0 Å². The highest BCUT2D eigenvalue weighted by Crippen LogP contribution is 2.34. The fourth-order valence-electron chi connectivity index (χ4n) is 2.44. The first-order valence-electron chi connectivity index (χ1n) is 7.97. The van der Waals surface area contributed by atoms with Crippen LogP contribution in [0.2, 0.25) is 0 Å². The van der Waals surface area contributed by atoms with Crippen molar-refractivity contribution in [3.8, 4) is 11.5 Å². The summed E-state index contributed by atoms with van der Waals surface area (Å²) in [5, 5.41) is 2.78. The lowest BCUT2D eigenvalue weighted by molar-refractivity contribution is -0.122. The third kappa shape index (κ3) is 3.55. The standard InChI is InChI=1S/C17H22N2O5/c1-10-15(20)18-13-7-11(5-6-14(13)22-10)23-12-8-19(9-12)16(21)24-17(2,3)4/h5-7,10,12H,8-9H2,1-4H3,(H,18,20). The van der Waals surface area contributed by atoms with Gasteiger partial charge in [-0.25, -0.2) is 4.79 Å². The van der Waals surface area contributed by atoms with Crippen LogP contribution in [0.4, 0.5) is 10.5 Å². The van der Waals surface area contributed by atoms with Gasteiger partial charge >= 0.3 is 6.09 Å². The smallest absolute Gasteiger partial charge is 0.410 e. The molecule has 0 saturated carbocycles. The maximum Gasteiger partial charge on any atom is 0.410 e. The average Bonchev–Trinajstić information content (AvgIpc) is 2.41. The lowest BCUT2D eigenvalue weighted by Crippen LogP contribution is -2.57. The maximum atomic E-state index is 11.9. The highest BCUT2D eigenvalue weighted by atomic mass is 16.6. The monoisotopic (exact) mass is 334 g/mol. The van der Waals surface area contributed by atoms with Gasteiger partial charge in [0.1, 0.15) is 23.2 Å². The molecule has 24 heavy (non-hydrogen) atoms. The Morgan fingerprint density at radius 2 is 2.04 bits per heavy atom. The third-order valence-corrected chi connectivity index (χ3v) is 3.68. The van der Waals surface area contributed by atoms with Gasteiger partial charge in [0.2, 0.25) is 0 Å². The molecule has 1 N–H and O–H groups in total. The zero-order chi connectivity index (χ0) is 17.5. The number of anilines is 1. The minimum atomic E-state index is -0.503. The molecule has 1 aromatic rings. The fourth-order valence-corrected chi connectivity index (χ4v) is 2.44. The van der Waals surface area contributed by atoms with Crippen LogP contribution in [0, 0.1) is 0 Å². The molecule has 1 saturated heterocycles. The normalized spacial score (nSPS) is 20.4. The van der Waals surface area contributed by atoms with Crippen molar-refractivity contribution in [3.63, 3.8) is 0 Å². The minimum absolute atomic E-state index is 0.0882. The number of amides is 2. The van der Waals surface area contributed by atoms with E-state index in [-0.39, 0.29) is 18.1 Å². The van der Waals surface area contributed by atoms with E-state index >= 15 is 0 Å². The molecule has 130 valence electrons. The number of ether oxygens (including phenoxy) is 3. The molecule has 0 bridgehead atoms. The number of likely N-dealkylation sites (tertiary alicyclic amines) is 1. The van der Waals surface area contributed by atoms with Crippen LogP contribution >= 0.6 is 0 Å². The second-order valence-electron chi connectivity index (χ2n) is 7.03. The molecule has 7 heteroatoms. The van der Waals surface area contributed by atoms with Gasteiger partial charge in [-0.3, -0.25) is 4.79 Å². The van der Waals surface area contributed by atoms with Crippen LogP contribution in [0.15, 0.2) is 18.2 Å². The zero-order valence-corrected chi connectivity index (χ0v) is 14.3. The van der Waals surface area contributed by atoms with Crippen molar-refractivity contribution in [2.24, 2.45) is 0 Å². The Hall–Kier alpha value is -2.44. The summed E-state index contributed by atoms with van der Waals surface area (Å²) in [5.41, 5.74) is 0.0931. The quantitative estimate of drug-likeness (QED) is 0.899. The van der Waals surface area contributed by atoms with Gasteiger partial charge in [0, 0.05) is 6.07 Å². The molecule has 0 aliphatic carbocycles. The highest BCUT2D eigenvalue weighted by Gasteiger charge is 2.35. The van der Waals surface area contributed by atoms with Crippen molar-refractivity contribution in [1.82, 2.24) is 4.90 Å². The summed E-state index contributed by atoms with van der Waals surface area (Å²) in [4.78, 5) is 25.1. The number of carbonyl (C=O) groups excluding carboxylic acids is 2. The first-order chi connectivity index (χ1) is 11.2. The fraction of sp³-hybridized carbons (Fsp3) is 0.529. The van der Waals surface area contributed by atoms with Crippen LogP contribution in [0.3, 0.4) is 0 Å². The number of nitrogens with one attached hydrogen (secondary N) is 1. The molecule has 1 unspecified atom stereocenters. The van der Waals surface area contributed by atoms with E-state index in [0.717, 1.165) is 0 Å². The van der Waals surface area contributed by atoms with Crippen LogP contribution in [0.25, 0.3) is 0 Å². The lowest BCUT2D eigenvalue weighted by Gasteiger charge is -2.39. The number of benzene rings is 1. The van der Waals surface area contributed by atoms with Gasteiger partial charge in [0.05, 0.1) is 18.8 Å². The molecule has 2 aliphatic rings. The van der Waals surface area contributed by atoms with E-state index in [1.807, 2.05) is 20.8 Å². The summed E-state index contributed by atoms with van der Waals surface area (Å²) >= 11 is 0. The minimum Gasteiger partial charge on any atom is -0.487 e. The topological polar surface area (TPSA) is 77.1 Å². The molecule has 2 amide bonds. The van der Waals surface area contributed by atoms with Crippen molar-refractivity contribution in [3.05, 3.63) is 18.2 Å². The van der Waals surface area contributed by atoms with Crippen LogP contribution in [0.1, 0.15) is 27.7 Å². The predicted molar refractivity (Wildman–Crippen MR) is 87.4 cm³/mol. The van der Waals surface area contributed by atoms with Crippen LogP contribution in [-0.4, -0.2) is 47.8 Å². The lowest BCUT2D eigenvalue weighted by atomic mass is 10.1. The third-order valence-electron chi connectivity index (χ3n) is 3.68. The second-order valence-corrected chi connectivity index (χ2v) is 7.03. The SMILES string of the molecule is CC1Oc2ccc(OC3CN(C(=O)OC(C)(C)C)C3)cc2NC1=O. The van der Waals surface area contributed by atoms with Crippen molar-refractivity contribution in [1.29, 1.82) is 0 Å². The van der Waals surface area contributed by atoms with E-state index in [0.29, 0.717) is 30.3 Å². The summed E-state index contributed by atoms with van der Waals surface area (Å²) in [6.07, 6.45) is -0.921. The van der Waals surface area contributed by atoms with E-state index in [9.17, 15) is 9.59 Å². The Bertz CT molecular complexity index is 661. The van der Waals surface area contributed by atoms with Gasteiger partial charge in [0.15, 0.2) is 6.10 Å². The summed E-state index contributed by atoms with van der Waals surface area (Å²) in [6, 6.07) is 5.29. The van der Waals surface area contributed by atoms with Crippen molar-refractivity contribution in [2.45, 2.75) is 45.5 Å². The van der Waals surface area contributed by atoms with Crippen molar-refractivity contribution < 1.29 is 23.8 Å². The summed E-state index contributed by atoms with van der Waals surface area (Å²) in [6.45, 7) is 8.16. The first kappa shape index (κ1) is 16.4. The molecular formula is C17H22N2O5. The number of nitrogens with zero attached hydrogens (tertiary/aromatic N) is 1. The zero-order valence-electron chi connectivity index (χ0n) is 14.3. The number of carbonyl (C=O) groups is 2. The summed E-state index contributed by atoms with van der Waals surface area (Å²) in [7, 11) is 0. The first-order valence-corrected chi connectivity index (χ1v) is 7.97. The molecule has 7 nitrogen and oxygen atoms in total. The van der Waals surface area contributed by atoms with Crippen molar-refractivity contribution >= 4 is 17.7 Å². The molecule has 1 fully saturated rings. The Morgan fingerprint density at radius 3 is 2.71 bits per heavy atom. The van der Waals surface area contributed by atoms with Gasteiger partial charge in [0.25, 0.3) is 5.91 Å². The summed E-state index contributed by atoms with van der Waals surface area (Å²) in [5.74, 6) is 1.07. The Morgan fingerprint density at radius 1 is 1.33 bits per heavy atom. The Balaban J connectivity index is 1.55. The van der Waals surface area contributed by atoms with Gasteiger partial charge in [-0.15, -0.1) is 0 Å². The molecule has 1 atom stereocenters. The average molecular weight is 334 g/mol. The second kappa shape index (κ2) is 5.89. The molecule has 2 heterocycles. The van der Waals surface area contributed by atoms with E-state index in [1.165, 1.54) is 0 Å². The van der Waals surface area contributed by atoms with Gasteiger partial charge < -0.3 is 24.4 Å². The van der Waals surface area contributed by atoms with E-state index in [4.69, 9.17) is 14.2 Å².